The van der Waals surface area contributed by atoms with Crippen molar-refractivity contribution in [3.63, 3.8) is 0 Å². The van der Waals surface area contributed by atoms with Gasteiger partial charge in [0.1, 0.15) is 11.6 Å². The fraction of sp³-hybridized carbons (Fsp3) is 0. The van der Waals surface area contributed by atoms with Crippen LogP contribution in [0.2, 0.25) is 5.02 Å². The summed E-state index contributed by atoms with van der Waals surface area (Å²) in [7, 11) is 0. The smallest absolute Gasteiger partial charge is 0.337 e. The molecule has 0 aliphatic carbocycles. The number of halogens is 2. The average Bonchev–Trinajstić information content (AvgIpc) is 2.80. The third kappa shape index (κ3) is 2.10. The van der Waals surface area contributed by atoms with Crippen LogP contribution in [0.15, 0.2) is 30.5 Å². The van der Waals surface area contributed by atoms with E-state index in [-0.39, 0.29) is 10.6 Å². The van der Waals surface area contributed by atoms with Crippen LogP contribution in [0.25, 0.3) is 22.6 Å². The zero-order valence-electron chi connectivity index (χ0n) is 9.89. The molecule has 0 spiro atoms. The number of nitrogens with one attached hydrogen (secondary N) is 1. The van der Waals surface area contributed by atoms with Gasteiger partial charge in [-0.3, -0.25) is 0 Å². The number of pyridine rings is 1. The van der Waals surface area contributed by atoms with Gasteiger partial charge in [-0.15, -0.1) is 0 Å². The number of benzene rings is 1. The van der Waals surface area contributed by atoms with Crippen molar-refractivity contribution in [2.75, 3.05) is 0 Å². The average molecular weight is 292 g/mol. The number of carboxylic acids is 1. The molecular formula is C13H7ClFN3O2. The normalized spacial score (nSPS) is 10.9. The molecule has 5 nitrogen and oxygen atoms in total. The van der Waals surface area contributed by atoms with Crippen molar-refractivity contribution in [2.45, 2.75) is 0 Å². The Balaban J connectivity index is 2.15. The summed E-state index contributed by atoms with van der Waals surface area (Å²) >= 11 is 5.96. The molecule has 20 heavy (non-hydrogen) atoms. The molecule has 1 aromatic carbocycles. The van der Waals surface area contributed by atoms with Gasteiger partial charge < -0.3 is 10.1 Å². The van der Waals surface area contributed by atoms with Gasteiger partial charge in [0.2, 0.25) is 0 Å². The molecule has 2 heterocycles. The van der Waals surface area contributed by atoms with E-state index >= 15 is 0 Å². The first-order chi connectivity index (χ1) is 9.54. The topological polar surface area (TPSA) is 78.9 Å². The van der Waals surface area contributed by atoms with Gasteiger partial charge in [-0.2, -0.15) is 0 Å². The molecule has 100 valence electrons. The van der Waals surface area contributed by atoms with Gasteiger partial charge in [0.15, 0.2) is 5.65 Å². The second-order valence-electron chi connectivity index (χ2n) is 4.11. The molecule has 7 heteroatoms. The number of imidazole rings is 1. The minimum Gasteiger partial charge on any atom is -0.478 e. The van der Waals surface area contributed by atoms with Crippen molar-refractivity contribution in [3.8, 4) is 11.4 Å². The van der Waals surface area contributed by atoms with E-state index in [1.165, 1.54) is 30.5 Å². The molecule has 3 rings (SSSR count). The van der Waals surface area contributed by atoms with E-state index in [0.29, 0.717) is 22.6 Å². The summed E-state index contributed by atoms with van der Waals surface area (Å²) in [6, 6.07) is 5.37. The van der Waals surface area contributed by atoms with Crippen molar-refractivity contribution in [2.24, 2.45) is 0 Å². The zero-order valence-corrected chi connectivity index (χ0v) is 10.6. The molecule has 0 radical (unpaired) electrons. The van der Waals surface area contributed by atoms with Crippen LogP contribution >= 0.6 is 11.6 Å². The lowest BCUT2D eigenvalue weighted by Gasteiger charge is -1.99. The maximum absolute atomic E-state index is 13.0. The maximum Gasteiger partial charge on any atom is 0.337 e. The molecule has 3 aromatic rings. The number of aromatic carboxylic acids is 1. The second-order valence-corrected chi connectivity index (χ2v) is 4.52. The molecule has 0 unspecified atom stereocenters. The minimum absolute atomic E-state index is 0.0536. The van der Waals surface area contributed by atoms with Crippen molar-refractivity contribution >= 4 is 28.7 Å². The Morgan fingerprint density at radius 2 is 2.15 bits per heavy atom. The number of carbonyl (C=O) groups is 1. The van der Waals surface area contributed by atoms with Crippen LogP contribution < -0.4 is 0 Å². The van der Waals surface area contributed by atoms with Crippen LogP contribution in [-0.2, 0) is 0 Å². The number of hydrogen-bond donors (Lipinski definition) is 2. The van der Waals surface area contributed by atoms with Crippen LogP contribution in [0.1, 0.15) is 10.4 Å². The van der Waals surface area contributed by atoms with E-state index < -0.39 is 11.8 Å². The molecule has 2 aromatic heterocycles. The third-order valence-electron chi connectivity index (χ3n) is 2.77. The first kappa shape index (κ1) is 12.6. The first-order valence-electron chi connectivity index (χ1n) is 5.59. The fourth-order valence-corrected chi connectivity index (χ4v) is 2.08. The van der Waals surface area contributed by atoms with E-state index in [9.17, 15) is 9.18 Å². The van der Waals surface area contributed by atoms with E-state index in [1.54, 1.807) is 0 Å². The number of hydrogen-bond acceptors (Lipinski definition) is 3. The summed E-state index contributed by atoms with van der Waals surface area (Å²) in [5.41, 5.74) is 1.41. The van der Waals surface area contributed by atoms with Crippen molar-refractivity contribution in [3.05, 3.63) is 46.9 Å². The van der Waals surface area contributed by atoms with Gasteiger partial charge in [-0.1, -0.05) is 11.6 Å². The molecule has 0 fully saturated rings. The van der Waals surface area contributed by atoms with E-state index in [1.807, 2.05) is 0 Å². The Hall–Kier alpha value is -2.47. The summed E-state index contributed by atoms with van der Waals surface area (Å²) in [6.07, 6.45) is 1.22. The molecule has 0 saturated heterocycles. The molecule has 2 N–H and O–H groups in total. The second kappa shape index (κ2) is 4.57. The Bertz CT molecular complexity index is 832. The van der Waals surface area contributed by atoms with Gasteiger partial charge in [0, 0.05) is 11.8 Å². The minimum atomic E-state index is -1.07. The van der Waals surface area contributed by atoms with Crippen LogP contribution in [0.5, 0.6) is 0 Å². The number of H-pyrrole nitrogens is 1. The molecule has 0 bridgehead atoms. The molecule has 0 saturated carbocycles. The van der Waals surface area contributed by atoms with Crippen LogP contribution in [0.3, 0.4) is 0 Å². The van der Waals surface area contributed by atoms with E-state index in [2.05, 4.69) is 15.0 Å². The largest absolute Gasteiger partial charge is 0.478 e. The SMILES string of the molecule is O=C(O)c1cnc2nc(-c3ccc(F)cc3Cl)[nH]c2c1. The lowest BCUT2D eigenvalue weighted by atomic mass is 10.2. The van der Waals surface area contributed by atoms with Gasteiger partial charge in [0.05, 0.1) is 16.1 Å². The monoisotopic (exact) mass is 291 g/mol. The number of aromatic amines is 1. The number of carboxylic acid groups (broad SMARTS) is 1. The third-order valence-corrected chi connectivity index (χ3v) is 3.08. The number of aromatic nitrogens is 3. The number of rotatable bonds is 2. The van der Waals surface area contributed by atoms with Gasteiger partial charge in [-0.25, -0.2) is 19.2 Å². The van der Waals surface area contributed by atoms with E-state index in [4.69, 9.17) is 16.7 Å². The summed E-state index contributed by atoms with van der Waals surface area (Å²) in [4.78, 5) is 22.0. The van der Waals surface area contributed by atoms with Crippen molar-refractivity contribution in [1.82, 2.24) is 15.0 Å². The highest BCUT2D eigenvalue weighted by Crippen LogP contribution is 2.27. The Kier molecular flexibility index (Phi) is 2.87. The highest BCUT2D eigenvalue weighted by atomic mass is 35.5. The van der Waals surface area contributed by atoms with Crippen molar-refractivity contribution < 1.29 is 14.3 Å². The van der Waals surface area contributed by atoms with Crippen LogP contribution in [0, 0.1) is 5.82 Å². The summed E-state index contributed by atoms with van der Waals surface area (Å²) in [6.45, 7) is 0. The Morgan fingerprint density at radius 1 is 1.35 bits per heavy atom. The summed E-state index contributed by atoms with van der Waals surface area (Å²) in [5, 5.41) is 9.12. The van der Waals surface area contributed by atoms with Crippen LogP contribution in [-0.4, -0.2) is 26.0 Å². The Morgan fingerprint density at radius 3 is 2.85 bits per heavy atom. The standard InChI is InChI=1S/C13H7ClFN3O2/c14-9-4-7(15)1-2-8(9)11-17-10-3-6(13(19)20)5-16-12(10)18-11/h1-5H,(H,19,20)(H,16,17,18). The lowest BCUT2D eigenvalue weighted by Crippen LogP contribution is -1.96. The zero-order chi connectivity index (χ0) is 14.3. The van der Waals surface area contributed by atoms with Gasteiger partial charge in [-0.05, 0) is 24.3 Å². The number of nitrogens with zero attached hydrogens (tertiary/aromatic N) is 2. The molecular weight excluding hydrogens is 285 g/mol. The first-order valence-corrected chi connectivity index (χ1v) is 5.97. The molecule has 0 atom stereocenters. The number of fused-ring (bicyclic) bond motifs is 1. The quantitative estimate of drug-likeness (QED) is 0.760. The maximum atomic E-state index is 13.0. The van der Waals surface area contributed by atoms with Gasteiger partial charge >= 0.3 is 5.97 Å². The molecule has 0 aliphatic heterocycles. The summed E-state index contributed by atoms with van der Waals surface area (Å²) in [5.74, 6) is -1.11. The van der Waals surface area contributed by atoms with Crippen LogP contribution in [0.4, 0.5) is 4.39 Å². The highest BCUT2D eigenvalue weighted by molar-refractivity contribution is 6.33. The fourth-order valence-electron chi connectivity index (χ4n) is 1.83. The highest BCUT2D eigenvalue weighted by Gasteiger charge is 2.12. The van der Waals surface area contributed by atoms with E-state index in [0.717, 1.165) is 0 Å². The van der Waals surface area contributed by atoms with Gasteiger partial charge in [0.25, 0.3) is 0 Å². The lowest BCUT2D eigenvalue weighted by molar-refractivity contribution is 0.0696. The van der Waals surface area contributed by atoms with Crippen molar-refractivity contribution in [1.29, 1.82) is 0 Å². The predicted molar refractivity (Wildman–Crippen MR) is 71.3 cm³/mol. The molecule has 0 aliphatic rings. The molecule has 0 amide bonds. The Labute approximate surface area is 117 Å². The summed E-state index contributed by atoms with van der Waals surface area (Å²) < 4.78 is 13.0. The predicted octanol–water partition coefficient (Wildman–Crippen LogP) is 3.12.